The highest BCUT2D eigenvalue weighted by molar-refractivity contribution is 6.31. The summed E-state index contributed by atoms with van der Waals surface area (Å²) in [6.07, 6.45) is 0. The molecule has 0 fully saturated rings. The van der Waals surface area contributed by atoms with E-state index in [0.717, 1.165) is 11.4 Å². The highest BCUT2D eigenvalue weighted by Gasteiger charge is 2.23. The normalized spacial score (nSPS) is 11.9. The first-order valence-electron chi connectivity index (χ1n) is 33.8. The van der Waals surface area contributed by atoms with Crippen molar-refractivity contribution in [2.45, 2.75) is 0 Å². The van der Waals surface area contributed by atoms with Gasteiger partial charge in [0.2, 0.25) is 0 Å². The number of rotatable bonds is 7. The average Bonchev–Trinajstić information content (AvgIpc) is 1.57. The van der Waals surface area contributed by atoms with Crippen LogP contribution in [0.3, 0.4) is 0 Å². The number of fused-ring (bicyclic) bond motifs is 20. The minimum absolute atomic E-state index is 1.15. The Bertz CT molecular complexity index is 6670. The molecule has 0 radical (unpaired) electrons. The van der Waals surface area contributed by atoms with Crippen molar-refractivity contribution in [1.29, 1.82) is 0 Å². The Balaban J connectivity index is 0.000000134. The summed E-state index contributed by atoms with van der Waals surface area (Å²) in [6.45, 7) is 0. The lowest BCUT2D eigenvalue weighted by Gasteiger charge is -2.13. The predicted octanol–water partition coefficient (Wildman–Crippen LogP) is 25.4. The van der Waals surface area contributed by atoms with E-state index in [9.17, 15) is 0 Å². The standard InChI is InChI=1S/C50H32N2.C44H28N2/c1-3-13-34(14-4-1)43-32-48-50(42-21-10-9-19-40(42)43)49-39-18-8-7-15-35(39)25-30-47(49)52(48)38-27-23-33(24-28-38)36-26-29-46-44(31-36)41-20-11-12-22-45(41)51(46)37-16-5-2-6-17-37;1-2-14-33(15-3-1)45-39-20-9-8-19-37(39)38-24-21-32(28-42(38)45)31-13-10-16-34(27-31)46-40-25-22-29-11-4-6-17-35(29)43(40)44-36-18-7-5-12-30(36)23-26-41(44)46/h1-32H;1-28H. The second kappa shape index (κ2) is 22.3. The van der Waals surface area contributed by atoms with Crippen molar-refractivity contribution < 1.29 is 0 Å². The summed E-state index contributed by atoms with van der Waals surface area (Å²) in [4.78, 5) is 0. The van der Waals surface area contributed by atoms with E-state index in [1.807, 2.05) is 0 Å². The largest absolute Gasteiger partial charge is 0.309 e. The number of benzene rings is 17. The smallest absolute Gasteiger partial charge is 0.0553 e. The monoisotopic (exact) mass is 1240 g/mol. The van der Waals surface area contributed by atoms with Crippen LogP contribution in [0.15, 0.2) is 364 Å². The second-order valence-electron chi connectivity index (χ2n) is 25.9. The molecule has 0 N–H and O–H groups in total. The van der Waals surface area contributed by atoms with Crippen molar-refractivity contribution in [3.63, 3.8) is 0 Å². The van der Waals surface area contributed by atoms with Crippen molar-refractivity contribution in [2.24, 2.45) is 0 Å². The van der Waals surface area contributed by atoms with Gasteiger partial charge >= 0.3 is 0 Å². The predicted molar refractivity (Wildman–Crippen MR) is 417 cm³/mol. The van der Waals surface area contributed by atoms with Gasteiger partial charge in [-0.2, -0.15) is 0 Å². The SMILES string of the molecule is c1ccc(-c2cc3c(c4ccccc24)c2c4ccccc4ccc2n3-c2ccc(-c3ccc4c(c3)c3ccccc3n4-c3ccccc3)cc2)cc1.c1ccc(-n2c3ccccc3c3ccc(-c4cccc(-n5c6ccc7ccccc7c6c6c7ccccc7ccc65)c4)cc32)cc1. The van der Waals surface area contributed by atoms with Crippen LogP contribution in [0, 0.1) is 0 Å². The number of nitrogens with zero attached hydrogens (tertiary/aromatic N) is 4. The van der Waals surface area contributed by atoms with Gasteiger partial charge < -0.3 is 18.3 Å². The summed E-state index contributed by atoms with van der Waals surface area (Å²) in [5, 5.41) is 20.5. The van der Waals surface area contributed by atoms with E-state index in [4.69, 9.17) is 0 Å². The summed E-state index contributed by atoms with van der Waals surface area (Å²) >= 11 is 0. The lowest BCUT2D eigenvalue weighted by Crippen LogP contribution is -1.95. The van der Waals surface area contributed by atoms with Crippen molar-refractivity contribution in [3.05, 3.63) is 364 Å². The molecule has 0 atom stereocenters. The molecule has 4 nitrogen and oxygen atoms in total. The third-order valence-electron chi connectivity index (χ3n) is 20.6. The zero-order valence-corrected chi connectivity index (χ0v) is 53.4. The molecule has 456 valence electrons. The molecule has 0 aliphatic rings. The van der Waals surface area contributed by atoms with Crippen LogP contribution < -0.4 is 0 Å². The van der Waals surface area contributed by atoms with Gasteiger partial charge in [0.1, 0.15) is 0 Å². The molecule has 0 aliphatic carbocycles. The van der Waals surface area contributed by atoms with Gasteiger partial charge in [0.15, 0.2) is 0 Å². The molecule has 98 heavy (non-hydrogen) atoms. The third kappa shape index (κ3) is 8.65. The Morgan fingerprint density at radius 3 is 1.08 bits per heavy atom. The summed E-state index contributed by atoms with van der Waals surface area (Å²) in [7, 11) is 0. The van der Waals surface area contributed by atoms with Crippen LogP contribution in [-0.2, 0) is 0 Å². The van der Waals surface area contributed by atoms with E-state index in [1.54, 1.807) is 0 Å². The van der Waals surface area contributed by atoms with Crippen LogP contribution in [0.5, 0.6) is 0 Å². The van der Waals surface area contributed by atoms with Crippen LogP contribution in [0.4, 0.5) is 0 Å². The summed E-state index contributed by atoms with van der Waals surface area (Å²) in [6, 6.07) is 133. The fourth-order valence-corrected chi connectivity index (χ4v) is 16.2. The number of hydrogen-bond donors (Lipinski definition) is 0. The molecule has 4 heterocycles. The van der Waals surface area contributed by atoms with Crippen LogP contribution in [0.1, 0.15) is 0 Å². The molecule has 0 bridgehead atoms. The molecular formula is C94H60N4. The molecule has 0 spiro atoms. The quantitative estimate of drug-likeness (QED) is 0.152. The molecule has 0 aliphatic heterocycles. The van der Waals surface area contributed by atoms with Gasteiger partial charge in [0, 0.05) is 65.8 Å². The Morgan fingerprint density at radius 1 is 0.143 bits per heavy atom. The van der Waals surface area contributed by atoms with E-state index < -0.39 is 0 Å². The first-order chi connectivity index (χ1) is 48.6. The average molecular weight is 1250 g/mol. The molecular weight excluding hydrogens is 1190 g/mol. The maximum atomic E-state index is 2.47. The summed E-state index contributed by atoms with van der Waals surface area (Å²) in [5.41, 5.74) is 21.7. The number of para-hydroxylation sites is 4. The Morgan fingerprint density at radius 2 is 0.500 bits per heavy atom. The first kappa shape index (κ1) is 55.4. The molecule has 21 aromatic rings. The summed E-state index contributed by atoms with van der Waals surface area (Å²) < 4.78 is 9.68. The van der Waals surface area contributed by atoms with Gasteiger partial charge in [-0.3, -0.25) is 0 Å². The molecule has 21 rings (SSSR count). The molecule has 4 heteroatoms. The van der Waals surface area contributed by atoms with Crippen LogP contribution >= 0.6 is 0 Å². The maximum absolute atomic E-state index is 2.47. The zero-order valence-electron chi connectivity index (χ0n) is 53.4. The Hall–Kier alpha value is -13.0. The highest BCUT2D eigenvalue weighted by atomic mass is 15.0. The highest BCUT2D eigenvalue weighted by Crippen LogP contribution is 2.46. The van der Waals surface area contributed by atoms with Crippen molar-refractivity contribution >= 4 is 130 Å². The molecule has 0 amide bonds. The van der Waals surface area contributed by atoms with Gasteiger partial charge in [-0.15, -0.1) is 0 Å². The first-order valence-corrected chi connectivity index (χ1v) is 33.8. The van der Waals surface area contributed by atoms with Crippen LogP contribution in [0.25, 0.3) is 186 Å². The maximum Gasteiger partial charge on any atom is 0.0553 e. The van der Waals surface area contributed by atoms with E-state index in [2.05, 4.69) is 382 Å². The minimum Gasteiger partial charge on any atom is -0.309 e. The van der Waals surface area contributed by atoms with Crippen molar-refractivity contribution in [1.82, 2.24) is 18.3 Å². The lowest BCUT2D eigenvalue weighted by molar-refractivity contribution is 1.18. The number of aromatic nitrogens is 4. The van der Waals surface area contributed by atoms with Gasteiger partial charge in [0.05, 0.1) is 44.1 Å². The lowest BCUT2D eigenvalue weighted by atomic mass is 9.94. The zero-order chi connectivity index (χ0) is 64.4. The van der Waals surface area contributed by atoms with E-state index in [0.29, 0.717) is 0 Å². The van der Waals surface area contributed by atoms with Gasteiger partial charge in [-0.05, 0) is 180 Å². The van der Waals surface area contributed by atoms with Crippen molar-refractivity contribution in [2.75, 3.05) is 0 Å². The van der Waals surface area contributed by atoms with Crippen LogP contribution in [0.2, 0.25) is 0 Å². The molecule has 0 saturated heterocycles. The molecule has 0 saturated carbocycles. The van der Waals surface area contributed by atoms with E-state index in [-0.39, 0.29) is 0 Å². The van der Waals surface area contributed by atoms with E-state index in [1.165, 1.54) is 175 Å². The Kier molecular flexibility index (Phi) is 12.6. The van der Waals surface area contributed by atoms with Gasteiger partial charge in [-0.1, -0.05) is 261 Å². The third-order valence-corrected chi connectivity index (χ3v) is 20.6. The van der Waals surface area contributed by atoms with Crippen LogP contribution in [-0.4, -0.2) is 18.3 Å². The molecule has 17 aromatic carbocycles. The number of hydrogen-bond acceptors (Lipinski definition) is 0. The topological polar surface area (TPSA) is 19.7 Å². The van der Waals surface area contributed by atoms with Crippen molar-refractivity contribution in [3.8, 4) is 56.1 Å². The fraction of sp³-hybridized carbons (Fsp3) is 0. The molecule has 0 unspecified atom stereocenters. The summed E-state index contributed by atoms with van der Waals surface area (Å²) in [5.74, 6) is 0. The van der Waals surface area contributed by atoms with E-state index >= 15 is 0 Å². The molecule has 4 aromatic heterocycles. The van der Waals surface area contributed by atoms with Gasteiger partial charge in [0.25, 0.3) is 0 Å². The Labute approximate surface area is 565 Å². The minimum atomic E-state index is 1.15. The van der Waals surface area contributed by atoms with Gasteiger partial charge in [-0.25, -0.2) is 0 Å². The second-order valence-corrected chi connectivity index (χ2v) is 25.9. The fourth-order valence-electron chi connectivity index (χ4n) is 16.2.